The number of nitrogens with two attached hydrogens (primary N) is 1. The van der Waals surface area contributed by atoms with Crippen LogP contribution in [0.2, 0.25) is 0 Å². The van der Waals surface area contributed by atoms with Crippen molar-refractivity contribution >= 4 is 23.4 Å². The smallest absolute Gasteiger partial charge is 0.324 e. The highest BCUT2D eigenvalue weighted by molar-refractivity contribution is 7.98. The largest absolute Gasteiger partial charge is 0.415 e. The van der Waals surface area contributed by atoms with E-state index in [4.69, 9.17) is 5.73 Å². The topological polar surface area (TPSA) is 55.1 Å². The molecule has 1 aromatic carbocycles. The SMILES string of the molecule is CSc1ccc(NC(=O)C(C)(N)C(F)(F)F)cc1. The Bertz CT molecular complexity index is 429. The van der Waals surface area contributed by atoms with Crippen molar-refractivity contribution in [3.05, 3.63) is 24.3 Å². The molecule has 1 atom stereocenters. The molecule has 0 radical (unpaired) electrons. The lowest BCUT2D eigenvalue weighted by atomic mass is 10.0. The Morgan fingerprint density at radius 2 is 1.78 bits per heavy atom. The van der Waals surface area contributed by atoms with Crippen LogP contribution in [0.3, 0.4) is 0 Å². The summed E-state index contributed by atoms with van der Waals surface area (Å²) in [5.41, 5.74) is 2.37. The predicted octanol–water partition coefficient (Wildman–Crippen LogP) is 2.63. The van der Waals surface area contributed by atoms with E-state index in [0.29, 0.717) is 6.92 Å². The van der Waals surface area contributed by atoms with E-state index in [9.17, 15) is 18.0 Å². The molecule has 1 unspecified atom stereocenters. The van der Waals surface area contributed by atoms with E-state index < -0.39 is 17.6 Å². The molecule has 3 nitrogen and oxygen atoms in total. The maximum absolute atomic E-state index is 12.5. The molecule has 0 heterocycles. The van der Waals surface area contributed by atoms with Gasteiger partial charge in [-0.25, -0.2) is 0 Å². The Hall–Kier alpha value is -1.21. The van der Waals surface area contributed by atoms with Crippen LogP contribution >= 0.6 is 11.8 Å². The van der Waals surface area contributed by atoms with Crippen molar-refractivity contribution in [1.29, 1.82) is 0 Å². The number of carbonyl (C=O) groups excluding carboxylic acids is 1. The first-order valence-electron chi connectivity index (χ1n) is 4.99. The maximum atomic E-state index is 12.5. The van der Waals surface area contributed by atoms with Crippen LogP contribution in [-0.2, 0) is 4.79 Å². The average molecular weight is 278 g/mol. The van der Waals surface area contributed by atoms with E-state index in [1.54, 1.807) is 12.1 Å². The standard InChI is InChI=1S/C11H13F3N2OS/c1-10(15,11(12,13)14)9(17)16-7-3-5-8(18-2)6-4-7/h3-6H,15H2,1-2H3,(H,16,17). The molecule has 0 aromatic heterocycles. The molecular weight excluding hydrogens is 265 g/mol. The molecule has 0 bridgehead atoms. The van der Waals surface area contributed by atoms with Crippen LogP contribution in [0.1, 0.15) is 6.92 Å². The summed E-state index contributed by atoms with van der Waals surface area (Å²) in [6.07, 6.45) is -2.93. The molecule has 1 amide bonds. The van der Waals surface area contributed by atoms with Gasteiger partial charge in [0, 0.05) is 10.6 Å². The van der Waals surface area contributed by atoms with Crippen molar-refractivity contribution in [2.45, 2.75) is 23.5 Å². The summed E-state index contributed by atoms with van der Waals surface area (Å²) in [4.78, 5) is 12.4. The first-order chi connectivity index (χ1) is 8.18. The fraction of sp³-hybridized carbons (Fsp3) is 0.364. The summed E-state index contributed by atoms with van der Waals surface area (Å²) in [6.45, 7) is 0.637. The number of thioether (sulfide) groups is 1. The molecule has 7 heteroatoms. The Morgan fingerprint density at radius 3 is 2.17 bits per heavy atom. The first-order valence-corrected chi connectivity index (χ1v) is 6.22. The van der Waals surface area contributed by atoms with Crippen LogP contribution in [0.5, 0.6) is 0 Å². The first kappa shape index (κ1) is 14.8. The van der Waals surface area contributed by atoms with Crippen molar-refractivity contribution in [3.8, 4) is 0 Å². The molecule has 0 saturated heterocycles. The van der Waals surface area contributed by atoms with Crippen LogP contribution in [-0.4, -0.2) is 23.9 Å². The van der Waals surface area contributed by atoms with E-state index in [2.05, 4.69) is 5.32 Å². The molecule has 0 spiro atoms. The summed E-state index contributed by atoms with van der Waals surface area (Å²) in [5, 5.41) is 2.15. The fourth-order valence-corrected chi connectivity index (χ4v) is 1.47. The van der Waals surface area contributed by atoms with Crippen molar-refractivity contribution < 1.29 is 18.0 Å². The monoisotopic (exact) mass is 278 g/mol. The number of halogens is 3. The van der Waals surface area contributed by atoms with Crippen molar-refractivity contribution in [1.82, 2.24) is 0 Å². The summed E-state index contributed by atoms with van der Waals surface area (Å²) in [6, 6.07) is 6.44. The average Bonchev–Trinajstić information content (AvgIpc) is 2.28. The van der Waals surface area contributed by atoms with Gasteiger partial charge in [-0.15, -0.1) is 11.8 Å². The van der Waals surface area contributed by atoms with Gasteiger partial charge in [0.2, 0.25) is 0 Å². The minimum Gasteiger partial charge on any atom is -0.324 e. The van der Waals surface area contributed by atoms with Crippen LogP contribution in [0.25, 0.3) is 0 Å². The Morgan fingerprint density at radius 1 is 1.28 bits per heavy atom. The number of hydrogen-bond acceptors (Lipinski definition) is 3. The maximum Gasteiger partial charge on any atom is 0.415 e. The lowest BCUT2D eigenvalue weighted by Crippen LogP contribution is -2.59. The molecule has 3 N–H and O–H groups in total. The van der Waals surface area contributed by atoms with E-state index in [-0.39, 0.29) is 5.69 Å². The lowest BCUT2D eigenvalue weighted by molar-refractivity contribution is -0.184. The molecule has 1 aromatic rings. The van der Waals surface area contributed by atoms with Crippen LogP contribution in [0, 0.1) is 0 Å². The third-order valence-corrected chi connectivity index (χ3v) is 3.15. The number of benzene rings is 1. The van der Waals surface area contributed by atoms with E-state index in [1.807, 2.05) is 6.26 Å². The number of carbonyl (C=O) groups is 1. The fourth-order valence-electron chi connectivity index (χ4n) is 1.06. The molecule has 100 valence electrons. The molecule has 0 fully saturated rings. The number of amides is 1. The summed E-state index contributed by atoms with van der Waals surface area (Å²) < 4.78 is 37.5. The van der Waals surface area contributed by atoms with Gasteiger partial charge in [-0.2, -0.15) is 13.2 Å². The van der Waals surface area contributed by atoms with Crippen molar-refractivity contribution in [2.75, 3.05) is 11.6 Å². The highest BCUT2D eigenvalue weighted by Gasteiger charge is 2.53. The summed E-state index contributed by atoms with van der Waals surface area (Å²) in [5.74, 6) is -1.29. The second-order valence-corrected chi connectivity index (χ2v) is 4.76. The number of alkyl halides is 3. The van der Waals surface area contributed by atoms with Crippen molar-refractivity contribution in [2.24, 2.45) is 5.73 Å². The van der Waals surface area contributed by atoms with Crippen LogP contribution in [0.4, 0.5) is 18.9 Å². The minimum absolute atomic E-state index is 0.277. The van der Waals surface area contributed by atoms with Gasteiger partial charge in [-0.3, -0.25) is 4.79 Å². The van der Waals surface area contributed by atoms with Gasteiger partial charge in [-0.05, 0) is 37.4 Å². The molecule has 0 aliphatic rings. The molecule has 0 saturated carbocycles. The van der Waals surface area contributed by atoms with Gasteiger partial charge >= 0.3 is 6.18 Å². The van der Waals surface area contributed by atoms with Crippen LogP contribution in [0.15, 0.2) is 29.2 Å². The quantitative estimate of drug-likeness (QED) is 0.836. The van der Waals surface area contributed by atoms with E-state index in [1.165, 1.54) is 23.9 Å². The normalized spacial score (nSPS) is 15.0. The minimum atomic E-state index is -4.80. The molecular formula is C11H13F3N2OS. The van der Waals surface area contributed by atoms with E-state index in [0.717, 1.165) is 4.90 Å². The number of anilines is 1. The molecule has 0 aliphatic heterocycles. The molecule has 1 rings (SSSR count). The Balaban J connectivity index is 2.81. The number of rotatable bonds is 3. The number of hydrogen-bond donors (Lipinski definition) is 2. The van der Waals surface area contributed by atoms with Crippen LogP contribution < -0.4 is 11.1 Å². The highest BCUT2D eigenvalue weighted by Crippen LogP contribution is 2.29. The zero-order valence-corrected chi connectivity index (χ0v) is 10.7. The summed E-state index contributed by atoms with van der Waals surface area (Å²) >= 11 is 1.49. The molecule has 0 aliphatic carbocycles. The zero-order chi connectivity index (χ0) is 14.0. The highest BCUT2D eigenvalue weighted by atomic mass is 32.2. The second kappa shape index (κ2) is 5.19. The lowest BCUT2D eigenvalue weighted by Gasteiger charge is -2.26. The second-order valence-electron chi connectivity index (χ2n) is 3.88. The van der Waals surface area contributed by atoms with Gasteiger partial charge in [0.15, 0.2) is 5.54 Å². The van der Waals surface area contributed by atoms with Gasteiger partial charge in [-0.1, -0.05) is 0 Å². The van der Waals surface area contributed by atoms with Gasteiger partial charge in [0.1, 0.15) is 0 Å². The number of nitrogens with one attached hydrogen (secondary N) is 1. The van der Waals surface area contributed by atoms with Gasteiger partial charge < -0.3 is 11.1 Å². The van der Waals surface area contributed by atoms with Gasteiger partial charge in [0.25, 0.3) is 5.91 Å². The Kier molecular flexibility index (Phi) is 4.28. The molecule has 18 heavy (non-hydrogen) atoms. The zero-order valence-electron chi connectivity index (χ0n) is 9.84. The van der Waals surface area contributed by atoms with Crippen molar-refractivity contribution in [3.63, 3.8) is 0 Å². The predicted molar refractivity (Wildman–Crippen MR) is 65.5 cm³/mol. The third kappa shape index (κ3) is 3.17. The van der Waals surface area contributed by atoms with E-state index >= 15 is 0 Å². The summed E-state index contributed by atoms with van der Waals surface area (Å²) in [7, 11) is 0. The third-order valence-electron chi connectivity index (χ3n) is 2.41. The Labute approximate surface area is 107 Å². The van der Waals surface area contributed by atoms with Gasteiger partial charge in [0.05, 0.1) is 0 Å².